The van der Waals surface area contributed by atoms with Crippen LogP contribution in [-0.2, 0) is 11.3 Å². The minimum Gasteiger partial charge on any atom is -0.505 e. The highest BCUT2D eigenvalue weighted by Crippen LogP contribution is 2.16. The van der Waals surface area contributed by atoms with Crippen LogP contribution in [0, 0.1) is 11.8 Å². The topological polar surface area (TPSA) is 71.5 Å². The van der Waals surface area contributed by atoms with Crippen LogP contribution in [0.4, 0.5) is 4.79 Å². The van der Waals surface area contributed by atoms with Crippen molar-refractivity contribution >= 4 is 22.0 Å². The van der Waals surface area contributed by atoms with Crippen molar-refractivity contribution < 1.29 is 14.6 Å². The Hall–Kier alpha value is -2.52. The fourth-order valence-electron chi connectivity index (χ4n) is 1.54. The van der Waals surface area contributed by atoms with Gasteiger partial charge in [-0.05, 0) is 39.5 Å². The van der Waals surface area contributed by atoms with Gasteiger partial charge in [0.15, 0.2) is 5.69 Å². The fourth-order valence-corrected chi connectivity index (χ4v) is 1.85. The molecule has 0 spiro atoms. The van der Waals surface area contributed by atoms with Crippen molar-refractivity contribution in [3.63, 3.8) is 0 Å². The number of pyridine rings is 1. The first-order valence-corrected chi connectivity index (χ1v) is 7.23. The van der Waals surface area contributed by atoms with Crippen LogP contribution in [0.5, 0.6) is 5.75 Å². The van der Waals surface area contributed by atoms with Gasteiger partial charge in [-0.25, -0.2) is 9.78 Å². The molecule has 112 valence electrons. The maximum absolute atomic E-state index is 11.5. The summed E-state index contributed by atoms with van der Waals surface area (Å²) >= 11 is 3.19. The SMILES string of the molecule is O=C(NCC#Cc1nc(Br)ccc1O)OCc1ccccc1. The normalized spacial score (nSPS) is 9.50. The average molecular weight is 361 g/mol. The minimum atomic E-state index is -0.551. The van der Waals surface area contributed by atoms with E-state index >= 15 is 0 Å². The van der Waals surface area contributed by atoms with Crippen molar-refractivity contribution in [1.82, 2.24) is 10.3 Å². The first kappa shape index (κ1) is 15.9. The van der Waals surface area contributed by atoms with E-state index in [9.17, 15) is 9.90 Å². The molecule has 0 aliphatic carbocycles. The molecule has 0 saturated carbocycles. The number of ether oxygens (including phenoxy) is 1. The molecule has 0 unspecified atom stereocenters. The van der Waals surface area contributed by atoms with E-state index in [4.69, 9.17) is 4.74 Å². The average Bonchev–Trinajstić information content (AvgIpc) is 2.53. The number of rotatable bonds is 3. The Bertz CT molecular complexity index is 708. The standard InChI is InChI=1S/C16H13BrN2O3/c17-15-9-8-14(20)13(19-15)7-4-10-18-16(21)22-11-12-5-2-1-3-6-12/h1-3,5-6,8-9,20H,10-11H2,(H,18,21). The summed E-state index contributed by atoms with van der Waals surface area (Å²) < 4.78 is 5.61. The fraction of sp³-hybridized carbons (Fsp3) is 0.125. The Morgan fingerprint density at radius 3 is 2.82 bits per heavy atom. The molecule has 1 amide bonds. The zero-order valence-corrected chi connectivity index (χ0v) is 13.1. The largest absolute Gasteiger partial charge is 0.505 e. The van der Waals surface area contributed by atoms with Crippen molar-refractivity contribution in [3.05, 3.63) is 58.3 Å². The summed E-state index contributed by atoms with van der Waals surface area (Å²) in [6.07, 6.45) is -0.551. The number of amides is 1. The molecule has 0 radical (unpaired) electrons. The Morgan fingerprint density at radius 2 is 2.05 bits per heavy atom. The molecule has 0 aliphatic rings. The molecule has 1 aromatic heterocycles. The molecule has 0 fully saturated rings. The zero-order valence-electron chi connectivity index (χ0n) is 11.5. The lowest BCUT2D eigenvalue weighted by Gasteiger charge is -2.04. The van der Waals surface area contributed by atoms with Gasteiger partial charge in [0.2, 0.25) is 0 Å². The second-order valence-electron chi connectivity index (χ2n) is 4.22. The number of carbonyl (C=O) groups is 1. The van der Waals surface area contributed by atoms with Gasteiger partial charge in [0.1, 0.15) is 17.0 Å². The van der Waals surface area contributed by atoms with Gasteiger partial charge < -0.3 is 15.2 Å². The van der Waals surface area contributed by atoms with Gasteiger partial charge in [-0.3, -0.25) is 0 Å². The molecule has 5 nitrogen and oxygen atoms in total. The van der Waals surface area contributed by atoms with Crippen LogP contribution >= 0.6 is 15.9 Å². The highest BCUT2D eigenvalue weighted by Gasteiger charge is 2.01. The van der Waals surface area contributed by atoms with Crippen LogP contribution in [0.3, 0.4) is 0 Å². The number of halogens is 1. The number of carbonyl (C=O) groups excluding carboxylic acids is 1. The third-order valence-corrected chi connectivity index (χ3v) is 3.02. The first-order valence-electron chi connectivity index (χ1n) is 6.44. The summed E-state index contributed by atoms with van der Waals surface area (Å²) in [5, 5.41) is 12.1. The van der Waals surface area contributed by atoms with Gasteiger partial charge >= 0.3 is 6.09 Å². The quantitative estimate of drug-likeness (QED) is 0.652. The van der Waals surface area contributed by atoms with E-state index in [1.807, 2.05) is 30.3 Å². The number of hydrogen-bond donors (Lipinski definition) is 2. The molecule has 0 atom stereocenters. The third-order valence-electron chi connectivity index (χ3n) is 2.58. The summed E-state index contributed by atoms with van der Waals surface area (Å²) in [6, 6.07) is 12.5. The third kappa shape index (κ3) is 5.11. The molecular formula is C16H13BrN2O3. The summed E-state index contributed by atoms with van der Waals surface area (Å²) in [5.74, 6) is 5.35. The van der Waals surface area contributed by atoms with Crippen LogP contribution in [0.25, 0.3) is 0 Å². The molecule has 0 bridgehead atoms. The lowest BCUT2D eigenvalue weighted by molar-refractivity contribution is 0.141. The van der Waals surface area contributed by atoms with Crippen LogP contribution in [0.1, 0.15) is 11.3 Å². The number of nitrogens with one attached hydrogen (secondary N) is 1. The Labute approximate surface area is 136 Å². The number of benzene rings is 1. The molecule has 2 aromatic rings. The van der Waals surface area contributed by atoms with Crippen molar-refractivity contribution in [2.75, 3.05) is 6.54 Å². The molecule has 2 rings (SSSR count). The molecule has 1 aromatic carbocycles. The van der Waals surface area contributed by atoms with Crippen LogP contribution < -0.4 is 5.32 Å². The summed E-state index contributed by atoms with van der Waals surface area (Å²) in [7, 11) is 0. The van der Waals surface area contributed by atoms with E-state index in [0.29, 0.717) is 4.60 Å². The van der Waals surface area contributed by atoms with Gasteiger partial charge in [-0.2, -0.15) is 0 Å². The van der Waals surface area contributed by atoms with Crippen LogP contribution in [-0.4, -0.2) is 22.7 Å². The molecular weight excluding hydrogens is 348 g/mol. The van der Waals surface area contributed by atoms with Crippen molar-refractivity contribution in [1.29, 1.82) is 0 Å². The van der Waals surface area contributed by atoms with Crippen LogP contribution in [0.15, 0.2) is 47.1 Å². The molecule has 0 aliphatic heterocycles. The maximum Gasteiger partial charge on any atom is 0.408 e. The van der Waals surface area contributed by atoms with Crippen molar-refractivity contribution in [2.24, 2.45) is 0 Å². The van der Waals surface area contributed by atoms with E-state index in [2.05, 4.69) is 38.1 Å². The van der Waals surface area contributed by atoms with E-state index in [0.717, 1.165) is 5.56 Å². The van der Waals surface area contributed by atoms with Gasteiger partial charge in [0.05, 0.1) is 6.54 Å². The van der Waals surface area contributed by atoms with Crippen molar-refractivity contribution in [3.8, 4) is 17.6 Å². The lowest BCUT2D eigenvalue weighted by atomic mass is 10.2. The van der Waals surface area contributed by atoms with E-state index < -0.39 is 6.09 Å². The Morgan fingerprint density at radius 1 is 1.27 bits per heavy atom. The van der Waals surface area contributed by atoms with Gasteiger partial charge in [-0.15, -0.1) is 0 Å². The number of nitrogens with zero attached hydrogens (tertiary/aromatic N) is 1. The van der Waals surface area contributed by atoms with Gasteiger partial charge in [-0.1, -0.05) is 36.3 Å². The summed E-state index contributed by atoms with van der Waals surface area (Å²) in [4.78, 5) is 15.5. The highest BCUT2D eigenvalue weighted by molar-refractivity contribution is 9.10. The number of hydrogen-bond acceptors (Lipinski definition) is 4. The monoisotopic (exact) mass is 360 g/mol. The zero-order chi connectivity index (χ0) is 15.8. The number of aromatic nitrogens is 1. The lowest BCUT2D eigenvalue weighted by Crippen LogP contribution is -2.24. The van der Waals surface area contributed by atoms with Crippen molar-refractivity contribution in [2.45, 2.75) is 6.61 Å². The summed E-state index contributed by atoms with van der Waals surface area (Å²) in [6.45, 7) is 0.301. The minimum absolute atomic E-state index is 0.0117. The number of aromatic hydroxyl groups is 1. The second kappa shape index (κ2) is 8.05. The second-order valence-corrected chi connectivity index (χ2v) is 5.03. The molecule has 22 heavy (non-hydrogen) atoms. The van der Waals surface area contributed by atoms with Crippen LogP contribution in [0.2, 0.25) is 0 Å². The Balaban J connectivity index is 1.78. The predicted octanol–water partition coefficient (Wildman–Crippen LogP) is 2.83. The van der Waals surface area contributed by atoms with E-state index in [-0.39, 0.29) is 24.6 Å². The molecule has 2 N–H and O–H groups in total. The number of alkyl carbamates (subject to hydrolysis) is 1. The maximum atomic E-state index is 11.5. The molecule has 6 heteroatoms. The molecule has 0 saturated heterocycles. The molecule has 1 heterocycles. The van der Waals surface area contributed by atoms with Gasteiger partial charge in [0, 0.05) is 0 Å². The predicted molar refractivity (Wildman–Crippen MR) is 85.1 cm³/mol. The van der Waals surface area contributed by atoms with E-state index in [1.54, 1.807) is 6.07 Å². The van der Waals surface area contributed by atoms with E-state index in [1.165, 1.54) is 6.07 Å². The summed E-state index contributed by atoms with van der Waals surface area (Å²) in [5.41, 5.74) is 1.15. The smallest absolute Gasteiger partial charge is 0.408 e. The highest BCUT2D eigenvalue weighted by atomic mass is 79.9. The Kier molecular flexibility index (Phi) is 5.81. The van der Waals surface area contributed by atoms with Gasteiger partial charge in [0.25, 0.3) is 0 Å². The first-order chi connectivity index (χ1) is 10.6.